The lowest BCUT2D eigenvalue weighted by molar-refractivity contribution is 0.561. The van der Waals surface area contributed by atoms with Gasteiger partial charge in [0.15, 0.2) is 0 Å². The van der Waals surface area contributed by atoms with Crippen LogP contribution in [0.15, 0.2) is 42.7 Å². The zero-order valence-electron chi connectivity index (χ0n) is 10.6. The first-order valence-corrected chi connectivity index (χ1v) is 6.02. The number of nitrogens with zero attached hydrogens (tertiary/aromatic N) is 2. The second-order valence-electron chi connectivity index (χ2n) is 4.35. The molecule has 1 heterocycles. The highest BCUT2D eigenvalue weighted by Crippen LogP contribution is 2.13. The van der Waals surface area contributed by atoms with E-state index >= 15 is 0 Å². The smallest absolute Gasteiger partial charge is 0.141 e. The van der Waals surface area contributed by atoms with Crippen LogP contribution in [-0.2, 0) is 6.54 Å². The maximum atomic E-state index is 13.1. The molecule has 0 radical (unpaired) electrons. The first kappa shape index (κ1) is 13.2. The topological polar surface area (TPSA) is 48.7 Å². The monoisotopic (exact) mass is 255 g/mol. The molecule has 1 N–H and O–H groups in total. The Bertz CT molecular complexity index is 604. The Morgan fingerprint density at radius 1 is 1.37 bits per heavy atom. The van der Waals surface area contributed by atoms with E-state index in [1.54, 1.807) is 12.3 Å². The molecule has 0 spiro atoms. The lowest BCUT2D eigenvalue weighted by atomic mass is 10.1. The third-order valence-electron chi connectivity index (χ3n) is 2.89. The van der Waals surface area contributed by atoms with Crippen LogP contribution in [0.25, 0.3) is 0 Å². The molecule has 1 aromatic heterocycles. The molecule has 0 aliphatic carbocycles. The summed E-state index contributed by atoms with van der Waals surface area (Å²) in [4.78, 5) is 3.83. The highest BCUT2D eigenvalue weighted by molar-refractivity contribution is 5.32. The number of hydrogen-bond donors (Lipinski definition) is 1. The number of nitrogens with one attached hydrogen (secondary N) is 1. The standard InChI is InChI=1S/C15H14FN3/c1-11(14-6-15(16)10-18-9-14)19-8-13-4-2-3-12(5-13)7-17/h2-6,9-11,19H,8H2,1H3. The van der Waals surface area contributed by atoms with Crippen molar-refractivity contribution in [2.75, 3.05) is 0 Å². The fourth-order valence-corrected chi connectivity index (χ4v) is 1.80. The molecule has 1 atom stereocenters. The molecule has 0 aliphatic heterocycles. The van der Waals surface area contributed by atoms with E-state index in [1.165, 1.54) is 12.3 Å². The van der Waals surface area contributed by atoms with Crippen LogP contribution in [0.3, 0.4) is 0 Å². The predicted octanol–water partition coefficient (Wildman–Crippen LogP) is 2.94. The third kappa shape index (κ3) is 3.60. The fourth-order valence-electron chi connectivity index (χ4n) is 1.80. The summed E-state index contributed by atoms with van der Waals surface area (Å²) < 4.78 is 13.1. The average molecular weight is 255 g/mol. The van der Waals surface area contributed by atoms with Gasteiger partial charge in [0.2, 0.25) is 0 Å². The Morgan fingerprint density at radius 2 is 2.21 bits per heavy atom. The maximum absolute atomic E-state index is 13.1. The summed E-state index contributed by atoms with van der Waals surface area (Å²) in [7, 11) is 0. The average Bonchev–Trinajstić information content (AvgIpc) is 2.45. The quantitative estimate of drug-likeness (QED) is 0.913. The molecule has 0 fully saturated rings. The van der Waals surface area contributed by atoms with E-state index in [1.807, 2.05) is 25.1 Å². The summed E-state index contributed by atoms with van der Waals surface area (Å²) in [6.45, 7) is 2.57. The third-order valence-corrected chi connectivity index (χ3v) is 2.89. The lowest BCUT2D eigenvalue weighted by Gasteiger charge is -2.14. The molecule has 2 rings (SSSR count). The van der Waals surface area contributed by atoms with Crippen molar-refractivity contribution >= 4 is 0 Å². The summed E-state index contributed by atoms with van der Waals surface area (Å²) in [6, 6.07) is 11.0. The second kappa shape index (κ2) is 6.07. The summed E-state index contributed by atoms with van der Waals surface area (Å²) in [5.74, 6) is -0.336. The van der Waals surface area contributed by atoms with Gasteiger partial charge in [-0.25, -0.2) is 4.39 Å². The highest BCUT2D eigenvalue weighted by Gasteiger charge is 2.06. The molecule has 4 heteroatoms. The largest absolute Gasteiger partial charge is 0.306 e. The molecule has 19 heavy (non-hydrogen) atoms. The number of halogens is 1. The highest BCUT2D eigenvalue weighted by atomic mass is 19.1. The number of benzene rings is 1. The van der Waals surface area contributed by atoms with Gasteiger partial charge in [-0.05, 0) is 36.2 Å². The zero-order chi connectivity index (χ0) is 13.7. The van der Waals surface area contributed by atoms with E-state index in [0.29, 0.717) is 12.1 Å². The molecular formula is C15H14FN3. The minimum atomic E-state index is -0.336. The SMILES string of the molecule is CC(NCc1cccc(C#N)c1)c1cncc(F)c1. The van der Waals surface area contributed by atoms with Crippen molar-refractivity contribution in [3.8, 4) is 6.07 Å². The number of rotatable bonds is 4. The summed E-state index contributed by atoms with van der Waals surface area (Å²) in [5.41, 5.74) is 2.46. The van der Waals surface area contributed by atoms with Gasteiger partial charge in [-0.15, -0.1) is 0 Å². The molecule has 0 saturated carbocycles. The summed E-state index contributed by atoms with van der Waals surface area (Å²) in [6.07, 6.45) is 2.83. The van der Waals surface area contributed by atoms with Gasteiger partial charge >= 0.3 is 0 Å². The Labute approximate surface area is 111 Å². The molecule has 0 saturated heterocycles. The molecular weight excluding hydrogens is 241 g/mol. The van der Waals surface area contributed by atoms with Crippen LogP contribution in [0.4, 0.5) is 4.39 Å². The van der Waals surface area contributed by atoms with Crippen LogP contribution in [0.2, 0.25) is 0 Å². The van der Waals surface area contributed by atoms with Crippen molar-refractivity contribution in [3.05, 3.63) is 65.2 Å². The van der Waals surface area contributed by atoms with Crippen LogP contribution < -0.4 is 5.32 Å². The molecule has 2 aromatic rings. The van der Waals surface area contributed by atoms with E-state index < -0.39 is 0 Å². The maximum Gasteiger partial charge on any atom is 0.141 e. The number of aromatic nitrogens is 1. The van der Waals surface area contributed by atoms with Crippen molar-refractivity contribution < 1.29 is 4.39 Å². The lowest BCUT2D eigenvalue weighted by Crippen LogP contribution is -2.18. The van der Waals surface area contributed by atoms with Gasteiger partial charge in [0, 0.05) is 18.8 Å². The number of pyridine rings is 1. The normalized spacial score (nSPS) is 11.8. The minimum absolute atomic E-state index is 0.00561. The molecule has 3 nitrogen and oxygen atoms in total. The first-order chi connectivity index (χ1) is 9.19. The van der Waals surface area contributed by atoms with E-state index in [9.17, 15) is 4.39 Å². The molecule has 1 aromatic carbocycles. The molecule has 0 amide bonds. The van der Waals surface area contributed by atoms with E-state index in [4.69, 9.17) is 5.26 Å². The molecule has 0 bridgehead atoms. The predicted molar refractivity (Wildman–Crippen MR) is 70.6 cm³/mol. The molecule has 96 valence electrons. The van der Waals surface area contributed by atoms with E-state index in [0.717, 1.165) is 11.1 Å². The number of nitriles is 1. The van der Waals surface area contributed by atoms with Gasteiger partial charge < -0.3 is 5.32 Å². The fraction of sp³-hybridized carbons (Fsp3) is 0.200. The summed E-state index contributed by atoms with van der Waals surface area (Å²) in [5, 5.41) is 12.1. The zero-order valence-corrected chi connectivity index (χ0v) is 10.6. The van der Waals surface area contributed by atoms with Gasteiger partial charge in [-0.2, -0.15) is 5.26 Å². The number of hydrogen-bond acceptors (Lipinski definition) is 3. The van der Waals surface area contributed by atoms with Crippen molar-refractivity contribution in [1.29, 1.82) is 5.26 Å². The van der Waals surface area contributed by atoms with Crippen LogP contribution in [0, 0.1) is 17.1 Å². The van der Waals surface area contributed by atoms with Crippen molar-refractivity contribution in [3.63, 3.8) is 0 Å². The summed E-state index contributed by atoms with van der Waals surface area (Å²) >= 11 is 0. The van der Waals surface area contributed by atoms with Gasteiger partial charge in [0.05, 0.1) is 17.8 Å². The first-order valence-electron chi connectivity index (χ1n) is 6.02. The van der Waals surface area contributed by atoms with Gasteiger partial charge in [-0.1, -0.05) is 12.1 Å². The van der Waals surface area contributed by atoms with Gasteiger partial charge in [0.1, 0.15) is 5.82 Å². The van der Waals surface area contributed by atoms with Crippen molar-refractivity contribution in [2.45, 2.75) is 19.5 Å². The van der Waals surface area contributed by atoms with E-state index in [2.05, 4.69) is 16.4 Å². The Morgan fingerprint density at radius 3 is 2.95 bits per heavy atom. The van der Waals surface area contributed by atoms with E-state index in [-0.39, 0.29) is 11.9 Å². The Kier molecular flexibility index (Phi) is 4.22. The van der Waals surface area contributed by atoms with Crippen molar-refractivity contribution in [1.82, 2.24) is 10.3 Å². The van der Waals surface area contributed by atoms with Crippen LogP contribution >= 0.6 is 0 Å². The Balaban J connectivity index is 2.00. The van der Waals surface area contributed by atoms with Crippen LogP contribution in [0.5, 0.6) is 0 Å². The van der Waals surface area contributed by atoms with Crippen LogP contribution in [-0.4, -0.2) is 4.98 Å². The van der Waals surface area contributed by atoms with Gasteiger partial charge in [-0.3, -0.25) is 4.98 Å². The molecule has 1 unspecified atom stereocenters. The van der Waals surface area contributed by atoms with Crippen molar-refractivity contribution in [2.24, 2.45) is 0 Å². The molecule has 0 aliphatic rings. The minimum Gasteiger partial charge on any atom is -0.306 e. The second-order valence-corrected chi connectivity index (χ2v) is 4.35. The Hall–Kier alpha value is -2.25. The van der Waals surface area contributed by atoms with Crippen LogP contribution in [0.1, 0.15) is 29.7 Å². The van der Waals surface area contributed by atoms with Gasteiger partial charge in [0.25, 0.3) is 0 Å².